The molecule has 0 aliphatic heterocycles. The Kier molecular flexibility index (Phi) is 3.37. The van der Waals surface area contributed by atoms with Crippen LogP contribution < -0.4 is 0 Å². The molecule has 94 valence electrons. The smallest absolute Gasteiger partial charge is 0.333 e. The monoisotopic (exact) mass is 242 g/mol. The van der Waals surface area contributed by atoms with Gasteiger partial charge in [-0.3, -0.25) is 0 Å². The van der Waals surface area contributed by atoms with E-state index in [4.69, 9.17) is 4.74 Å². The molecule has 1 aromatic carbocycles. The summed E-state index contributed by atoms with van der Waals surface area (Å²) in [5.74, 6) is -0.315. The fourth-order valence-corrected chi connectivity index (χ4v) is 2.46. The quantitative estimate of drug-likeness (QED) is 0.460. The van der Waals surface area contributed by atoms with Crippen LogP contribution in [0.15, 0.2) is 49.1 Å². The zero-order valence-corrected chi connectivity index (χ0v) is 10.7. The Balaban J connectivity index is 2.24. The molecule has 0 spiro atoms. The van der Waals surface area contributed by atoms with E-state index in [1.54, 1.807) is 6.92 Å². The Hall–Kier alpha value is -1.83. The van der Waals surface area contributed by atoms with Crippen LogP contribution in [-0.2, 0) is 22.4 Å². The molecule has 0 atom stereocenters. The van der Waals surface area contributed by atoms with Gasteiger partial charge in [-0.15, -0.1) is 6.58 Å². The molecule has 0 N–H and O–H groups in total. The standard InChI is InChI=1S/C16H18O2/c1-4-9-16(18-15(17)12(2)3)10-13-7-5-6-8-14(13)11-16/h4-8H,1-2,9-11H2,3H3. The predicted molar refractivity (Wildman–Crippen MR) is 72.3 cm³/mol. The summed E-state index contributed by atoms with van der Waals surface area (Å²) in [4.78, 5) is 11.8. The second-order valence-electron chi connectivity index (χ2n) is 4.97. The van der Waals surface area contributed by atoms with Gasteiger partial charge in [0.15, 0.2) is 0 Å². The molecule has 18 heavy (non-hydrogen) atoms. The molecular formula is C16H18O2. The highest BCUT2D eigenvalue weighted by atomic mass is 16.6. The van der Waals surface area contributed by atoms with Crippen molar-refractivity contribution in [3.05, 3.63) is 60.2 Å². The molecule has 2 heteroatoms. The Morgan fingerprint density at radius 3 is 2.39 bits per heavy atom. The minimum atomic E-state index is -0.471. The molecule has 0 heterocycles. The van der Waals surface area contributed by atoms with Gasteiger partial charge in [-0.25, -0.2) is 4.79 Å². The van der Waals surface area contributed by atoms with E-state index in [2.05, 4.69) is 25.3 Å². The highest BCUT2D eigenvalue weighted by molar-refractivity contribution is 5.87. The van der Waals surface area contributed by atoms with Gasteiger partial charge >= 0.3 is 5.97 Å². The summed E-state index contributed by atoms with van der Waals surface area (Å²) in [5, 5.41) is 0. The summed E-state index contributed by atoms with van der Waals surface area (Å²) in [6, 6.07) is 8.22. The topological polar surface area (TPSA) is 26.3 Å². The maximum atomic E-state index is 11.8. The Bertz CT molecular complexity index is 475. The van der Waals surface area contributed by atoms with Crippen molar-refractivity contribution in [2.45, 2.75) is 31.8 Å². The summed E-state index contributed by atoms with van der Waals surface area (Å²) in [7, 11) is 0. The Labute approximate surface area is 108 Å². The first-order valence-corrected chi connectivity index (χ1v) is 6.13. The first-order chi connectivity index (χ1) is 8.56. The minimum Gasteiger partial charge on any atom is -0.455 e. The lowest BCUT2D eigenvalue weighted by molar-refractivity contribution is -0.153. The molecule has 0 saturated carbocycles. The van der Waals surface area contributed by atoms with Crippen molar-refractivity contribution in [2.24, 2.45) is 0 Å². The van der Waals surface area contributed by atoms with E-state index in [-0.39, 0.29) is 5.97 Å². The number of hydrogen-bond acceptors (Lipinski definition) is 2. The molecule has 2 nitrogen and oxygen atoms in total. The van der Waals surface area contributed by atoms with Crippen molar-refractivity contribution in [3.63, 3.8) is 0 Å². The average Bonchev–Trinajstić information content (AvgIpc) is 2.66. The van der Waals surface area contributed by atoms with Crippen LogP contribution in [0.4, 0.5) is 0 Å². The van der Waals surface area contributed by atoms with Gasteiger partial charge < -0.3 is 4.74 Å². The van der Waals surface area contributed by atoms with Crippen molar-refractivity contribution in [1.82, 2.24) is 0 Å². The van der Waals surface area contributed by atoms with Gasteiger partial charge in [0, 0.05) is 24.8 Å². The van der Waals surface area contributed by atoms with Crippen LogP contribution >= 0.6 is 0 Å². The molecular weight excluding hydrogens is 224 g/mol. The van der Waals surface area contributed by atoms with E-state index in [1.165, 1.54) is 11.1 Å². The third-order valence-electron chi connectivity index (χ3n) is 3.32. The molecule has 0 saturated heterocycles. The number of carbonyl (C=O) groups is 1. The Morgan fingerprint density at radius 1 is 1.39 bits per heavy atom. The normalized spacial score (nSPS) is 15.8. The number of esters is 1. The van der Waals surface area contributed by atoms with Gasteiger partial charge in [-0.1, -0.05) is 36.9 Å². The van der Waals surface area contributed by atoms with Crippen LogP contribution in [0.2, 0.25) is 0 Å². The van der Waals surface area contributed by atoms with E-state index in [0.717, 1.165) is 12.8 Å². The van der Waals surface area contributed by atoms with E-state index in [1.807, 2.05) is 18.2 Å². The first kappa shape index (κ1) is 12.6. The molecule has 0 radical (unpaired) electrons. The first-order valence-electron chi connectivity index (χ1n) is 6.13. The predicted octanol–water partition coefficient (Wildman–Crippen LogP) is 3.22. The fraction of sp³-hybridized carbons (Fsp3) is 0.312. The largest absolute Gasteiger partial charge is 0.455 e. The van der Waals surface area contributed by atoms with Crippen molar-refractivity contribution in [1.29, 1.82) is 0 Å². The van der Waals surface area contributed by atoms with E-state index < -0.39 is 5.60 Å². The highest BCUT2D eigenvalue weighted by Gasteiger charge is 2.39. The Morgan fingerprint density at radius 2 is 1.94 bits per heavy atom. The number of carbonyl (C=O) groups excluding carboxylic acids is 1. The van der Waals surface area contributed by atoms with Gasteiger partial charge in [-0.2, -0.15) is 0 Å². The van der Waals surface area contributed by atoms with Crippen molar-refractivity contribution < 1.29 is 9.53 Å². The lowest BCUT2D eigenvalue weighted by Gasteiger charge is -2.28. The SMILES string of the molecule is C=CCC1(OC(=O)C(=C)C)Cc2ccccc2C1. The van der Waals surface area contributed by atoms with E-state index >= 15 is 0 Å². The number of hydrogen-bond donors (Lipinski definition) is 0. The summed E-state index contributed by atoms with van der Waals surface area (Å²) >= 11 is 0. The molecule has 0 bridgehead atoms. The maximum Gasteiger partial charge on any atom is 0.333 e. The lowest BCUT2D eigenvalue weighted by atomic mass is 9.95. The maximum absolute atomic E-state index is 11.8. The van der Waals surface area contributed by atoms with Gasteiger partial charge in [0.25, 0.3) is 0 Å². The van der Waals surface area contributed by atoms with E-state index in [0.29, 0.717) is 12.0 Å². The summed E-state index contributed by atoms with van der Waals surface area (Å²) in [6.45, 7) is 9.08. The molecule has 0 amide bonds. The molecule has 0 unspecified atom stereocenters. The molecule has 0 fully saturated rings. The van der Waals surface area contributed by atoms with Crippen molar-refractivity contribution >= 4 is 5.97 Å². The molecule has 2 rings (SSSR count). The van der Waals surface area contributed by atoms with Crippen LogP contribution in [0.5, 0.6) is 0 Å². The second-order valence-corrected chi connectivity index (χ2v) is 4.97. The second kappa shape index (κ2) is 4.81. The third-order valence-corrected chi connectivity index (χ3v) is 3.32. The van der Waals surface area contributed by atoms with Crippen LogP contribution in [0, 0.1) is 0 Å². The summed E-state index contributed by atoms with van der Waals surface area (Å²) in [5.41, 5.74) is 2.48. The number of rotatable bonds is 4. The number of benzene rings is 1. The zero-order chi connectivity index (χ0) is 13.2. The average molecular weight is 242 g/mol. The highest BCUT2D eigenvalue weighted by Crippen LogP contribution is 2.36. The van der Waals surface area contributed by atoms with Gasteiger partial charge in [-0.05, 0) is 18.1 Å². The lowest BCUT2D eigenvalue weighted by Crippen LogP contribution is -2.35. The molecule has 1 aliphatic rings. The van der Waals surface area contributed by atoms with Crippen LogP contribution in [0.25, 0.3) is 0 Å². The van der Waals surface area contributed by atoms with Gasteiger partial charge in [0.2, 0.25) is 0 Å². The zero-order valence-electron chi connectivity index (χ0n) is 10.7. The van der Waals surface area contributed by atoms with Crippen LogP contribution in [-0.4, -0.2) is 11.6 Å². The fourth-order valence-electron chi connectivity index (χ4n) is 2.46. The minimum absolute atomic E-state index is 0.315. The molecule has 1 aromatic rings. The van der Waals surface area contributed by atoms with E-state index in [9.17, 15) is 4.79 Å². The molecule has 0 aromatic heterocycles. The van der Waals surface area contributed by atoms with Crippen molar-refractivity contribution in [3.8, 4) is 0 Å². The summed E-state index contributed by atoms with van der Waals surface area (Å²) in [6.07, 6.45) is 4.00. The van der Waals surface area contributed by atoms with Crippen molar-refractivity contribution in [2.75, 3.05) is 0 Å². The third kappa shape index (κ3) is 2.37. The van der Waals surface area contributed by atoms with Gasteiger partial charge in [0.05, 0.1) is 0 Å². The van der Waals surface area contributed by atoms with Gasteiger partial charge in [0.1, 0.15) is 5.60 Å². The summed E-state index contributed by atoms with van der Waals surface area (Å²) < 4.78 is 5.67. The van der Waals surface area contributed by atoms with Crippen LogP contribution in [0.3, 0.4) is 0 Å². The molecule has 1 aliphatic carbocycles. The number of fused-ring (bicyclic) bond motifs is 1. The number of ether oxygens (including phenoxy) is 1. The van der Waals surface area contributed by atoms with Crippen LogP contribution in [0.1, 0.15) is 24.5 Å².